The zero-order valence-corrected chi connectivity index (χ0v) is 44.1. The van der Waals surface area contributed by atoms with Crippen LogP contribution in [0.15, 0.2) is 248 Å². The van der Waals surface area contributed by atoms with Crippen molar-refractivity contribution >= 4 is 30.2 Å². The number of carbonyl (C=O) groups excluding carboxylic acids is 1. The van der Waals surface area contributed by atoms with Gasteiger partial charge in [0.15, 0.2) is 5.78 Å². The zero-order chi connectivity index (χ0) is 50.5. The fraction of sp³-hybridized carbons (Fsp3) is 0.145. The molecule has 0 fully saturated rings. The number of benzene rings is 9. The van der Waals surface area contributed by atoms with Crippen LogP contribution in [0.4, 0.5) is 0 Å². The highest BCUT2D eigenvalue weighted by Crippen LogP contribution is 2.35. The highest BCUT2D eigenvalue weighted by atomic mass is 32.2. The monoisotopic (exact) mass is 974 g/mol. The molecular weight excluding hydrogens is 909 g/mol. The molecule has 0 radical (unpaired) electrons. The van der Waals surface area contributed by atoms with Gasteiger partial charge in [0.1, 0.15) is 0 Å². The Balaban J connectivity index is 0.000000567. The molecule has 0 saturated carbocycles. The van der Waals surface area contributed by atoms with Crippen molar-refractivity contribution in [3.63, 3.8) is 0 Å². The van der Waals surface area contributed by atoms with Gasteiger partial charge in [-0.15, -0.1) is 0 Å². The normalized spacial score (nSPS) is 11.4. The fourth-order valence-electron chi connectivity index (χ4n) is 9.02. The molecule has 10 rings (SSSR count). The van der Waals surface area contributed by atoms with Crippen molar-refractivity contribution in [3.8, 4) is 44.5 Å². The van der Waals surface area contributed by atoms with Gasteiger partial charge in [0, 0.05) is 11.1 Å². The minimum Gasteiger partial charge on any atom is -0.289 e. The quantitative estimate of drug-likeness (QED) is 0.0971. The lowest BCUT2D eigenvalue weighted by Crippen LogP contribution is -2.04. The van der Waals surface area contributed by atoms with Crippen LogP contribution in [0.5, 0.6) is 0 Å². The maximum Gasteiger partial charge on any atom is 0.193 e. The third-order valence-electron chi connectivity index (χ3n) is 12.5. The van der Waals surface area contributed by atoms with Crippen LogP contribution in [0.25, 0.3) is 44.5 Å². The molecule has 0 amide bonds. The van der Waals surface area contributed by atoms with E-state index in [4.69, 9.17) is 0 Å². The summed E-state index contributed by atoms with van der Waals surface area (Å²) in [5.41, 5.74) is 20.1. The molecule has 9 aromatic rings. The average Bonchev–Trinajstić information content (AvgIpc) is 3.43. The predicted octanol–water partition coefficient (Wildman–Crippen LogP) is 18.4. The van der Waals surface area contributed by atoms with E-state index >= 15 is 4.79 Å². The first-order chi connectivity index (χ1) is 35.3. The van der Waals surface area contributed by atoms with E-state index in [1.165, 1.54) is 44.5 Å². The highest BCUT2D eigenvalue weighted by molar-refractivity contribution is 7.97. The van der Waals surface area contributed by atoms with Crippen molar-refractivity contribution in [2.75, 3.05) is 18.8 Å². The second-order valence-corrected chi connectivity index (χ2v) is 19.1. The number of thioether (sulfide) groups is 1. The van der Waals surface area contributed by atoms with Gasteiger partial charge >= 0.3 is 0 Å². The Hall–Kier alpha value is -7.17. The van der Waals surface area contributed by atoms with E-state index in [0.29, 0.717) is 11.1 Å². The van der Waals surface area contributed by atoms with Gasteiger partial charge in [-0.05, 0) is 173 Å². The van der Waals surface area contributed by atoms with Crippen molar-refractivity contribution in [2.24, 2.45) is 0 Å². The summed E-state index contributed by atoms with van der Waals surface area (Å²) in [5.74, 6) is 0.00466. The number of aryl methyl sites for hydroxylation is 2. The van der Waals surface area contributed by atoms with Crippen LogP contribution >= 0.6 is 24.4 Å². The molecule has 0 bridgehead atoms. The summed E-state index contributed by atoms with van der Waals surface area (Å²) in [6, 6.07) is 79.2. The van der Waals surface area contributed by atoms with Gasteiger partial charge in [0.25, 0.3) is 0 Å². The number of hydrogen-bond donors (Lipinski definition) is 1. The Bertz CT molecular complexity index is 3100. The number of rotatable bonds is 12. The summed E-state index contributed by atoms with van der Waals surface area (Å²) in [6.45, 7) is 4.20. The Morgan fingerprint density at radius 3 is 1.14 bits per heavy atom. The smallest absolute Gasteiger partial charge is 0.193 e. The van der Waals surface area contributed by atoms with Crippen LogP contribution in [0.1, 0.15) is 67.7 Å². The van der Waals surface area contributed by atoms with Crippen LogP contribution in [0.3, 0.4) is 0 Å². The Morgan fingerprint density at radius 1 is 0.403 bits per heavy atom. The maximum absolute atomic E-state index is 15.2. The predicted molar refractivity (Wildman–Crippen MR) is 317 cm³/mol. The Kier molecular flexibility index (Phi) is 20.1. The largest absolute Gasteiger partial charge is 0.289 e. The molecule has 0 unspecified atom stereocenters. The lowest BCUT2D eigenvalue weighted by molar-refractivity contribution is 0.103. The molecule has 0 aliphatic heterocycles. The van der Waals surface area contributed by atoms with Gasteiger partial charge in [-0.1, -0.05) is 223 Å². The first-order valence-electron chi connectivity index (χ1n) is 24.8. The Morgan fingerprint density at radius 2 is 0.764 bits per heavy atom. The number of ketones is 1. The van der Waals surface area contributed by atoms with E-state index in [9.17, 15) is 0 Å². The van der Waals surface area contributed by atoms with Gasteiger partial charge in [-0.3, -0.25) is 4.79 Å². The van der Waals surface area contributed by atoms with Crippen molar-refractivity contribution < 1.29 is 4.79 Å². The summed E-state index contributed by atoms with van der Waals surface area (Å²) in [7, 11) is 0. The van der Waals surface area contributed by atoms with Crippen LogP contribution in [0, 0.1) is 13.8 Å². The zero-order valence-electron chi connectivity index (χ0n) is 42.4. The molecule has 0 atom stereocenters. The SMILES string of the molecule is CS.CSC.Cc1cccc(-c2cc(C(=O)c3cc(-c4cccc(Cc5ccccc5)c4)cc(-c4cccc(Cc5ccccc5)c4)c3)cc(-c3cccc(CC4=CC=CCC4)c3)c2)c1.Cc1ccccc1. The molecule has 9 aromatic carbocycles. The summed E-state index contributed by atoms with van der Waals surface area (Å²) < 4.78 is 0. The van der Waals surface area contributed by atoms with Gasteiger partial charge in [-0.25, -0.2) is 0 Å². The summed E-state index contributed by atoms with van der Waals surface area (Å²) >= 11 is 5.28. The molecular formula is C69H66OS2. The number of hydrogen-bond acceptors (Lipinski definition) is 3. The lowest BCUT2D eigenvalue weighted by Gasteiger charge is -2.15. The van der Waals surface area contributed by atoms with Gasteiger partial charge in [0.2, 0.25) is 0 Å². The molecule has 0 aromatic heterocycles. The minimum atomic E-state index is 0.00466. The van der Waals surface area contributed by atoms with Crippen LogP contribution < -0.4 is 0 Å². The summed E-state index contributed by atoms with van der Waals surface area (Å²) in [5, 5.41) is 0. The van der Waals surface area contributed by atoms with Gasteiger partial charge < -0.3 is 0 Å². The van der Waals surface area contributed by atoms with E-state index < -0.39 is 0 Å². The standard InChI is InChI=1S/C59H48O.C7H8.C2H6S.CH4S/c1-42-15-11-25-49(29-42)53-36-54(50-26-12-22-46(33-50)30-43-16-5-2-6-17-43)39-57(38-53)59(60)58-40-55(51-27-13-23-47(34-51)31-44-18-7-3-8-19-44)37-56(41-58)52-28-14-24-48(35-52)32-45-20-9-4-10-21-45;1-7-5-3-2-4-6-7;1-3-2;1-2/h2-5,7-16,18-29,33-41H,6,17,30-32H2,1H3;2-6H,1H3;1-2H3;2H,1H3. The van der Waals surface area contributed by atoms with Gasteiger partial charge in [-0.2, -0.15) is 24.4 Å². The van der Waals surface area contributed by atoms with Crippen LogP contribution in [-0.2, 0) is 19.3 Å². The summed E-state index contributed by atoms with van der Waals surface area (Å²) in [4.78, 5) is 15.2. The maximum atomic E-state index is 15.2. The van der Waals surface area contributed by atoms with E-state index in [1.807, 2.05) is 30.7 Å². The first kappa shape index (κ1) is 52.6. The van der Waals surface area contributed by atoms with Crippen LogP contribution in [0.2, 0.25) is 0 Å². The van der Waals surface area contributed by atoms with Crippen molar-refractivity contribution in [1.29, 1.82) is 0 Å². The molecule has 0 heterocycles. The molecule has 1 aliphatic carbocycles. The molecule has 72 heavy (non-hydrogen) atoms. The number of allylic oxidation sites excluding steroid dienone is 4. The van der Waals surface area contributed by atoms with Gasteiger partial charge in [0.05, 0.1) is 0 Å². The average molecular weight is 975 g/mol. The minimum absolute atomic E-state index is 0.00466. The fourth-order valence-corrected chi connectivity index (χ4v) is 9.02. The second-order valence-electron chi connectivity index (χ2n) is 18.3. The molecule has 360 valence electrons. The highest BCUT2D eigenvalue weighted by Gasteiger charge is 2.18. The number of carbonyl (C=O) groups is 1. The third-order valence-corrected chi connectivity index (χ3v) is 12.5. The van der Waals surface area contributed by atoms with Crippen molar-refractivity contribution in [2.45, 2.75) is 46.0 Å². The number of thiol groups is 1. The lowest BCUT2D eigenvalue weighted by atomic mass is 9.89. The topological polar surface area (TPSA) is 17.1 Å². The van der Waals surface area contributed by atoms with E-state index in [0.717, 1.165) is 76.6 Å². The van der Waals surface area contributed by atoms with E-state index in [-0.39, 0.29) is 5.78 Å². The molecule has 1 aliphatic rings. The van der Waals surface area contributed by atoms with E-state index in [1.54, 1.807) is 18.0 Å². The van der Waals surface area contributed by atoms with Crippen LogP contribution in [-0.4, -0.2) is 24.6 Å². The van der Waals surface area contributed by atoms with Crippen molar-refractivity contribution in [1.82, 2.24) is 0 Å². The molecule has 0 spiro atoms. The third kappa shape index (κ3) is 15.4. The molecule has 0 saturated heterocycles. The van der Waals surface area contributed by atoms with Crippen molar-refractivity contribution in [3.05, 3.63) is 298 Å². The molecule has 1 nitrogen and oxygen atoms in total. The Labute approximate surface area is 439 Å². The van der Waals surface area contributed by atoms with E-state index in [2.05, 4.69) is 251 Å². The summed E-state index contributed by atoms with van der Waals surface area (Å²) in [6.07, 6.45) is 17.2. The first-order valence-corrected chi connectivity index (χ1v) is 27.3. The molecule has 0 N–H and O–H groups in total. The second kappa shape index (κ2) is 27.4. The molecule has 3 heteroatoms.